The van der Waals surface area contributed by atoms with Gasteiger partial charge in [0.1, 0.15) is 12.0 Å². The second kappa shape index (κ2) is 7.02. The van der Waals surface area contributed by atoms with Crippen molar-refractivity contribution in [3.05, 3.63) is 24.3 Å². The van der Waals surface area contributed by atoms with E-state index < -0.39 is 15.4 Å². The fraction of sp³-hybridized carbons (Fsp3) is 0.684. The molecule has 4 rings (SSSR count). The van der Waals surface area contributed by atoms with E-state index >= 15 is 0 Å². The SMILES string of the molecule is CNC(=O)[C@@]12CCC3(CCN(C(=O)c4ccncn4)CC3)[C@@H]1CN(S(C)(=O)=O)C2. The predicted octanol–water partition coefficient (Wildman–Crippen LogP) is 0.117. The quantitative estimate of drug-likeness (QED) is 0.742. The maximum Gasteiger partial charge on any atom is 0.272 e. The van der Waals surface area contributed by atoms with E-state index in [2.05, 4.69) is 15.3 Å². The second-order valence-electron chi connectivity index (χ2n) is 8.59. The minimum Gasteiger partial charge on any atom is -0.359 e. The standard InChI is InChI=1S/C19H27N5O4S/c1-20-17(26)19-5-4-18(15(19)11-24(12-19)29(2,27)28)6-9-23(10-7-18)16(25)14-3-8-21-13-22-14/h3,8,13,15H,4-7,9-12H2,1-2H3,(H,20,26)/t15-,19+/m0/s1. The summed E-state index contributed by atoms with van der Waals surface area (Å²) < 4.78 is 25.9. The highest BCUT2D eigenvalue weighted by molar-refractivity contribution is 7.88. The van der Waals surface area contributed by atoms with Crippen molar-refractivity contribution in [2.45, 2.75) is 25.7 Å². The van der Waals surface area contributed by atoms with Crippen LogP contribution >= 0.6 is 0 Å². The monoisotopic (exact) mass is 421 g/mol. The van der Waals surface area contributed by atoms with E-state index in [-0.39, 0.29) is 29.7 Å². The van der Waals surface area contributed by atoms with E-state index in [1.807, 2.05) is 0 Å². The Morgan fingerprint density at radius 1 is 1.21 bits per heavy atom. The molecule has 1 spiro atoms. The first-order valence-electron chi connectivity index (χ1n) is 9.94. The van der Waals surface area contributed by atoms with Gasteiger partial charge in [0.05, 0.1) is 11.7 Å². The molecular weight excluding hydrogens is 394 g/mol. The van der Waals surface area contributed by atoms with Gasteiger partial charge in [-0.3, -0.25) is 9.59 Å². The molecule has 9 nitrogen and oxygen atoms in total. The Kier molecular flexibility index (Phi) is 4.89. The summed E-state index contributed by atoms with van der Waals surface area (Å²) in [6.07, 6.45) is 7.24. The molecule has 0 unspecified atom stereocenters. The fourth-order valence-corrected chi connectivity index (χ4v) is 6.61. The normalized spacial score (nSPS) is 29.0. The Morgan fingerprint density at radius 2 is 1.93 bits per heavy atom. The number of amides is 2. The lowest BCUT2D eigenvalue weighted by Gasteiger charge is -2.44. The second-order valence-corrected chi connectivity index (χ2v) is 10.6. The van der Waals surface area contributed by atoms with Crippen LogP contribution in [0.3, 0.4) is 0 Å². The molecule has 0 bridgehead atoms. The molecule has 3 fully saturated rings. The smallest absolute Gasteiger partial charge is 0.272 e. The molecule has 29 heavy (non-hydrogen) atoms. The van der Waals surface area contributed by atoms with Gasteiger partial charge >= 0.3 is 0 Å². The first-order valence-corrected chi connectivity index (χ1v) is 11.8. The number of fused-ring (bicyclic) bond motifs is 2. The minimum absolute atomic E-state index is 0.0269. The summed E-state index contributed by atoms with van der Waals surface area (Å²) >= 11 is 0. The molecule has 2 atom stereocenters. The Labute approximate surface area is 170 Å². The molecule has 1 N–H and O–H groups in total. The lowest BCUT2D eigenvalue weighted by atomic mass is 9.65. The number of likely N-dealkylation sites (tertiary alicyclic amines) is 1. The van der Waals surface area contributed by atoms with Crippen molar-refractivity contribution in [1.82, 2.24) is 24.5 Å². The van der Waals surface area contributed by atoms with Crippen LogP contribution < -0.4 is 5.32 Å². The molecule has 3 aliphatic rings. The van der Waals surface area contributed by atoms with Gasteiger partial charge in [-0.15, -0.1) is 0 Å². The lowest BCUT2D eigenvalue weighted by molar-refractivity contribution is -0.132. The van der Waals surface area contributed by atoms with Crippen LogP contribution in [0.25, 0.3) is 0 Å². The summed E-state index contributed by atoms with van der Waals surface area (Å²) in [7, 11) is -1.75. The van der Waals surface area contributed by atoms with Crippen LogP contribution in [0.15, 0.2) is 18.6 Å². The van der Waals surface area contributed by atoms with Gasteiger partial charge in [-0.2, -0.15) is 0 Å². The van der Waals surface area contributed by atoms with E-state index in [1.54, 1.807) is 24.2 Å². The van der Waals surface area contributed by atoms with Gasteiger partial charge < -0.3 is 10.2 Å². The van der Waals surface area contributed by atoms with E-state index in [4.69, 9.17) is 0 Å². The van der Waals surface area contributed by atoms with E-state index in [0.717, 1.165) is 19.3 Å². The third-order valence-electron chi connectivity index (χ3n) is 7.32. The molecule has 1 saturated carbocycles. The first kappa shape index (κ1) is 20.2. The molecule has 2 saturated heterocycles. The molecule has 1 aromatic rings. The van der Waals surface area contributed by atoms with Crippen molar-refractivity contribution in [2.24, 2.45) is 16.7 Å². The third kappa shape index (κ3) is 3.22. The number of nitrogens with one attached hydrogen (secondary N) is 1. The number of carbonyl (C=O) groups is 2. The highest BCUT2D eigenvalue weighted by atomic mass is 32.2. The van der Waals surface area contributed by atoms with Crippen molar-refractivity contribution < 1.29 is 18.0 Å². The van der Waals surface area contributed by atoms with Gasteiger partial charge in [0.15, 0.2) is 0 Å². The van der Waals surface area contributed by atoms with Crippen molar-refractivity contribution in [1.29, 1.82) is 0 Å². The van der Waals surface area contributed by atoms with Crippen molar-refractivity contribution in [3.63, 3.8) is 0 Å². The lowest BCUT2D eigenvalue weighted by Crippen LogP contribution is -2.49. The van der Waals surface area contributed by atoms with Gasteiger partial charge in [0, 0.05) is 39.4 Å². The van der Waals surface area contributed by atoms with Crippen LogP contribution in [0.5, 0.6) is 0 Å². The third-order valence-corrected chi connectivity index (χ3v) is 8.53. The number of sulfonamides is 1. The van der Waals surface area contributed by atoms with Gasteiger partial charge in [0.2, 0.25) is 15.9 Å². The number of carbonyl (C=O) groups excluding carboxylic acids is 2. The highest BCUT2D eigenvalue weighted by Gasteiger charge is 2.65. The summed E-state index contributed by atoms with van der Waals surface area (Å²) in [6, 6.07) is 1.61. The Bertz CT molecular complexity index is 914. The van der Waals surface area contributed by atoms with Crippen LogP contribution in [-0.4, -0.2) is 78.9 Å². The molecule has 3 heterocycles. The van der Waals surface area contributed by atoms with E-state index in [9.17, 15) is 18.0 Å². The largest absolute Gasteiger partial charge is 0.359 e. The maximum absolute atomic E-state index is 12.9. The molecule has 158 valence electrons. The van der Waals surface area contributed by atoms with Crippen molar-refractivity contribution in [3.8, 4) is 0 Å². The van der Waals surface area contributed by atoms with Gasteiger partial charge in [0.25, 0.3) is 5.91 Å². The Balaban J connectivity index is 1.55. The van der Waals surface area contributed by atoms with Crippen LogP contribution in [-0.2, 0) is 14.8 Å². The summed E-state index contributed by atoms with van der Waals surface area (Å²) in [4.78, 5) is 35.3. The predicted molar refractivity (Wildman–Crippen MR) is 105 cm³/mol. The van der Waals surface area contributed by atoms with Gasteiger partial charge in [-0.1, -0.05) is 0 Å². The average Bonchev–Trinajstić information content (AvgIpc) is 3.26. The molecule has 10 heteroatoms. The number of rotatable bonds is 3. The zero-order valence-electron chi connectivity index (χ0n) is 16.8. The van der Waals surface area contributed by atoms with Crippen molar-refractivity contribution >= 4 is 21.8 Å². The fourth-order valence-electron chi connectivity index (χ4n) is 5.73. The molecule has 1 aromatic heterocycles. The molecular formula is C19H27N5O4S. The highest BCUT2D eigenvalue weighted by Crippen LogP contribution is 2.62. The summed E-state index contributed by atoms with van der Waals surface area (Å²) in [5.74, 6) is -0.201. The molecule has 1 aliphatic carbocycles. The molecule has 0 radical (unpaired) electrons. The van der Waals surface area contributed by atoms with Crippen LogP contribution in [0.4, 0.5) is 0 Å². The van der Waals surface area contributed by atoms with Crippen LogP contribution in [0, 0.1) is 16.7 Å². The summed E-state index contributed by atoms with van der Waals surface area (Å²) in [6.45, 7) is 1.80. The van der Waals surface area contributed by atoms with Gasteiger partial charge in [-0.25, -0.2) is 22.7 Å². The van der Waals surface area contributed by atoms with Gasteiger partial charge in [-0.05, 0) is 43.1 Å². The zero-order valence-corrected chi connectivity index (χ0v) is 17.6. The molecule has 0 aromatic carbocycles. The molecule has 2 aliphatic heterocycles. The first-order chi connectivity index (χ1) is 13.7. The Hall–Kier alpha value is -2.07. The average molecular weight is 422 g/mol. The number of nitrogens with zero attached hydrogens (tertiary/aromatic N) is 4. The minimum atomic E-state index is -3.37. The van der Waals surface area contributed by atoms with E-state index in [0.29, 0.717) is 31.7 Å². The topological polar surface area (TPSA) is 113 Å². The maximum atomic E-state index is 12.9. The summed E-state index contributed by atoms with van der Waals surface area (Å²) in [5.41, 5.74) is -0.406. The Morgan fingerprint density at radius 3 is 2.52 bits per heavy atom. The number of hydrogen-bond acceptors (Lipinski definition) is 6. The number of hydrogen-bond donors (Lipinski definition) is 1. The van der Waals surface area contributed by atoms with Crippen LogP contribution in [0.1, 0.15) is 36.2 Å². The number of piperidine rings is 1. The zero-order chi connectivity index (χ0) is 20.9. The molecule has 2 amide bonds. The van der Waals surface area contributed by atoms with Crippen LogP contribution in [0.2, 0.25) is 0 Å². The van der Waals surface area contributed by atoms with E-state index in [1.165, 1.54) is 16.9 Å². The number of aromatic nitrogens is 2. The summed E-state index contributed by atoms with van der Waals surface area (Å²) in [5, 5.41) is 2.77. The van der Waals surface area contributed by atoms with Crippen molar-refractivity contribution in [2.75, 3.05) is 39.5 Å².